The Morgan fingerprint density at radius 3 is 1.97 bits per heavy atom. The Morgan fingerprint density at radius 1 is 0.543 bits per heavy atom. The van der Waals surface area contributed by atoms with E-state index in [-0.39, 0.29) is 0 Å². The van der Waals surface area contributed by atoms with Crippen LogP contribution in [0.5, 0.6) is 0 Å². The molecule has 0 bridgehead atoms. The summed E-state index contributed by atoms with van der Waals surface area (Å²) in [5.74, 6) is 0.914. The van der Waals surface area contributed by atoms with Crippen LogP contribution in [0.15, 0.2) is 138 Å². The highest BCUT2D eigenvalue weighted by molar-refractivity contribution is 5.91. The minimum atomic E-state index is 0.914. The predicted molar refractivity (Wildman–Crippen MR) is 147 cm³/mol. The first kappa shape index (κ1) is 21.0. The highest BCUT2D eigenvalue weighted by atomic mass is 16.3. The molecule has 6 aromatic rings. The number of furan rings is 1. The summed E-state index contributed by atoms with van der Waals surface area (Å²) in [6.07, 6.45) is 0. The third kappa shape index (κ3) is 3.89. The summed E-state index contributed by atoms with van der Waals surface area (Å²) >= 11 is 0. The van der Waals surface area contributed by atoms with Gasteiger partial charge in [-0.3, -0.25) is 0 Å². The largest absolute Gasteiger partial charge is 0.456 e. The summed E-state index contributed by atoms with van der Waals surface area (Å²) < 4.78 is 6.31. The van der Waals surface area contributed by atoms with E-state index in [0.717, 1.165) is 44.9 Å². The Bertz CT molecular complexity index is 1600. The molecule has 168 valence electrons. The van der Waals surface area contributed by atoms with Crippen molar-refractivity contribution in [2.75, 3.05) is 4.90 Å². The van der Waals surface area contributed by atoms with E-state index < -0.39 is 0 Å². The van der Waals surface area contributed by atoms with Crippen LogP contribution in [0, 0.1) is 6.92 Å². The fourth-order valence-electron chi connectivity index (χ4n) is 4.77. The van der Waals surface area contributed by atoms with Crippen LogP contribution >= 0.6 is 0 Å². The molecule has 0 N–H and O–H groups in total. The standard InChI is InChI=1S/C33H25NO/c1-24-29-19-9-11-22-32(29)35-33(24)26-15-12-18-28(23-26)34(27-16-6-3-7-17-27)31-21-10-8-20-30(31)25-13-4-2-5-14-25/h2-23H,1H3. The molecular weight excluding hydrogens is 426 g/mol. The number of para-hydroxylation sites is 3. The monoisotopic (exact) mass is 451 g/mol. The molecule has 0 saturated heterocycles. The van der Waals surface area contributed by atoms with Gasteiger partial charge in [0.1, 0.15) is 11.3 Å². The van der Waals surface area contributed by atoms with Crippen LogP contribution in [-0.4, -0.2) is 0 Å². The molecule has 2 nitrogen and oxygen atoms in total. The van der Waals surface area contributed by atoms with Crippen LogP contribution in [-0.2, 0) is 0 Å². The quantitative estimate of drug-likeness (QED) is 0.259. The number of anilines is 3. The molecule has 0 amide bonds. The van der Waals surface area contributed by atoms with Gasteiger partial charge in [0.05, 0.1) is 5.69 Å². The van der Waals surface area contributed by atoms with Crippen molar-refractivity contribution in [2.45, 2.75) is 6.92 Å². The molecule has 0 aliphatic heterocycles. The first-order valence-electron chi connectivity index (χ1n) is 11.9. The van der Waals surface area contributed by atoms with E-state index >= 15 is 0 Å². The molecule has 0 radical (unpaired) electrons. The van der Waals surface area contributed by atoms with Crippen molar-refractivity contribution >= 4 is 28.0 Å². The van der Waals surface area contributed by atoms with Gasteiger partial charge in [-0.25, -0.2) is 0 Å². The van der Waals surface area contributed by atoms with Crippen molar-refractivity contribution in [2.24, 2.45) is 0 Å². The molecule has 35 heavy (non-hydrogen) atoms. The Hall–Kier alpha value is -4.56. The second-order valence-electron chi connectivity index (χ2n) is 8.66. The summed E-state index contributed by atoms with van der Waals surface area (Å²) in [6, 6.07) is 46.5. The number of hydrogen-bond donors (Lipinski definition) is 0. The summed E-state index contributed by atoms with van der Waals surface area (Å²) in [6.45, 7) is 2.13. The van der Waals surface area contributed by atoms with Gasteiger partial charge in [0.2, 0.25) is 0 Å². The van der Waals surface area contributed by atoms with Gasteiger partial charge < -0.3 is 9.32 Å². The van der Waals surface area contributed by atoms with Crippen LogP contribution in [0.2, 0.25) is 0 Å². The molecule has 0 saturated carbocycles. The SMILES string of the molecule is Cc1c(-c2cccc(N(c3ccccc3)c3ccccc3-c3ccccc3)c2)oc2ccccc12. The highest BCUT2D eigenvalue weighted by Gasteiger charge is 2.18. The zero-order chi connectivity index (χ0) is 23.6. The maximum Gasteiger partial charge on any atom is 0.138 e. The van der Waals surface area contributed by atoms with Gasteiger partial charge in [0, 0.05) is 33.5 Å². The first-order chi connectivity index (χ1) is 17.3. The number of aryl methyl sites for hydroxylation is 1. The third-order valence-corrected chi connectivity index (χ3v) is 6.45. The van der Waals surface area contributed by atoms with Crippen molar-refractivity contribution in [1.29, 1.82) is 0 Å². The molecule has 0 atom stereocenters. The van der Waals surface area contributed by atoms with Gasteiger partial charge >= 0.3 is 0 Å². The van der Waals surface area contributed by atoms with Crippen molar-refractivity contribution < 1.29 is 4.42 Å². The molecule has 2 heteroatoms. The van der Waals surface area contributed by atoms with E-state index in [9.17, 15) is 0 Å². The minimum absolute atomic E-state index is 0.914. The molecule has 0 unspecified atom stereocenters. The van der Waals surface area contributed by atoms with Crippen molar-refractivity contribution in [3.63, 3.8) is 0 Å². The topological polar surface area (TPSA) is 16.4 Å². The molecular formula is C33H25NO. The van der Waals surface area contributed by atoms with E-state index in [4.69, 9.17) is 4.42 Å². The fraction of sp³-hybridized carbons (Fsp3) is 0.0303. The lowest BCUT2D eigenvalue weighted by Gasteiger charge is -2.28. The average Bonchev–Trinajstić information content (AvgIpc) is 3.27. The summed E-state index contributed by atoms with van der Waals surface area (Å²) in [5, 5.41) is 1.15. The Labute approximate surface area is 205 Å². The molecule has 1 heterocycles. The van der Waals surface area contributed by atoms with Gasteiger partial charge in [-0.15, -0.1) is 0 Å². The minimum Gasteiger partial charge on any atom is -0.456 e. The smallest absolute Gasteiger partial charge is 0.138 e. The van der Waals surface area contributed by atoms with Crippen molar-refractivity contribution in [3.05, 3.63) is 139 Å². The lowest BCUT2D eigenvalue weighted by atomic mass is 10.0. The normalized spacial score (nSPS) is 11.0. The van der Waals surface area contributed by atoms with E-state index in [0.29, 0.717) is 0 Å². The average molecular weight is 452 g/mol. The molecule has 6 rings (SSSR count). The molecule has 0 aliphatic carbocycles. The van der Waals surface area contributed by atoms with Gasteiger partial charge in [-0.05, 0) is 48.9 Å². The number of fused-ring (bicyclic) bond motifs is 1. The van der Waals surface area contributed by atoms with E-state index in [2.05, 4.69) is 133 Å². The Balaban J connectivity index is 1.54. The van der Waals surface area contributed by atoms with Crippen molar-refractivity contribution in [3.8, 4) is 22.5 Å². The second-order valence-corrected chi connectivity index (χ2v) is 8.66. The van der Waals surface area contributed by atoms with Gasteiger partial charge in [-0.2, -0.15) is 0 Å². The summed E-state index contributed by atoms with van der Waals surface area (Å²) in [7, 11) is 0. The van der Waals surface area contributed by atoms with Crippen LogP contribution in [0.25, 0.3) is 33.4 Å². The number of rotatable bonds is 5. The predicted octanol–water partition coefficient (Wildman–Crippen LogP) is 9.55. The Morgan fingerprint density at radius 2 is 1.17 bits per heavy atom. The van der Waals surface area contributed by atoms with Crippen LogP contribution in [0.3, 0.4) is 0 Å². The van der Waals surface area contributed by atoms with Gasteiger partial charge in [-0.1, -0.05) is 97.1 Å². The molecule has 5 aromatic carbocycles. The van der Waals surface area contributed by atoms with Crippen LogP contribution < -0.4 is 4.90 Å². The van der Waals surface area contributed by atoms with Gasteiger partial charge in [0.15, 0.2) is 0 Å². The molecule has 0 spiro atoms. The number of nitrogens with zero attached hydrogens (tertiary/aromatic N) is 1. The van der Waals surface area contributed by atoms with E-state index in [1.165, 1.54) is 11.1 Å². The van der Waals surface area contributed by atoms with Crippen LogP contribution in [0.1, 0.15) is 5.56 Å². The molecule has 0 aliphatic rings. The zero-order valence-corrected chi connectivity index (χ0v) is 19.6. The Kier molecular flexibility index (Phi) is 5.40. The fourth-order valence-corrected chi connectivity index (χ4v) is 4.77. The maximum absolute atomic E-state index is 6.31. The highest BCUT2D eigenvalue weighted by Crippen LogP contribution is 2.42. The lowest BCUT2D eigenvalue weighted by Crippen LogP contribution is -2.11. The van der Waals surface area contributed by atoms with Gasteiger partial charge in [0.25, 0.3) is 0 Å². The number of hydrogen-bond acceptors (Lipinski definition) is 2. The zero-order valence-electron chi connectivity index (χ0n) is 19.6. The van der Waals surface area contributed by atoms with Crippen molar-refractivity contribution in [1.82, 2.24) is 0 Å². The van der Waals surface area contributed by atoms with E-state index in [1.54, 1.807) is 0 Å². The maximum atomic E-state index is 6.31. The third-order valence-electron chi connectivity index (χ3n) is 6.45. The second kappa shape index (κ2) is 9.00. The summed E-state index contributed by atoms with van der Waals surface area (Å²) in [4.78, 5) is 2.32. The lowest BCUT2D eigenvalue weighted by molar-refractivity contribution is 0.629. The first-order valence-corrected chi connectivity index (χ1v) is 11.9. The molecule has 0 fully saturated rings. The number of benzene rings is 5. The van der Waals surface area contributed by atoms with E-state index in [1.807, 2.05) is 12.1 Å². The van der Waals surface area contributed by atoms with Crippen LogP contribution in [0.4, 0.5) is 17.1 Å². The summed E-state index contributed by atoms with van der Waals surface area (Å²) in [5.41, 5.74) is 8.83. The molecule has 1 aromatic heterocycles.